The Kier molecular flexibility index (Phi) is 3.40. The van der Waals surface area contributed by atoms with E-state index in [1.807, 2.05) is 0 Å². The summed E-state index contributed by atoms with van der Waals surface area (Å²) < 4.78 is 6.13. The van der Waals surface area contributed by atoms with E-state index in [0.717, 1.165) is 10.8 Å². The molecule has 2 aromatic rings. The zero-order valence-electron chi connectivity index (χ0n) is 9.81. The SMILES string of the molecule is COc1ccc(Cl)c(-n2cc(C#N)c(=O)[nH]c2=O)c1. The van der Waals surface area contributed by atoms with Gasteiger partial charge in [0, 0.05) is 12.3 Å². The van der Waals surface area contributed by atoms with Crippen molar-refractivity contribution in [3.05, 3.63) is 55.8 Å². The molecule has 0 aliphatic heterocycles. The lowest BCUT2D eigenvalue weighted by molar-refractivity contribution is 0.414. The van der Waals surface area contributed by atoms with Crippen molar-refractivity contribution in [1.29, 1.82) is 5.26 Å². The summed E-state index contributed by atoms with van der Waals surface area (Å²) >= 11 is 6.00. The summed E-state index contributed by atoms with van der Waals surface area (Å²) in [6, 6.07) is 6.42. The lowest BCUT2D eigenvalue weighted by Crippen LogP contribution is -2.30. The Labute approximate surface area is 112 Å². The van der Waals surface area contributed by atoms with Crippen LogP contribution in [0.25, 0.3) is 5.69 Å². The highest BCUT2D eigenvalue weighted by Gasteiger charge is 2.10. The van der Waals surface area contributed by atoms with Crippen molar-refractivity contribution in [3.63, 3.8) is 0 Å². The maximum Gasteiger partial charge on any atom is 0.333 e. The van der Waals surface area contributed by atoms with E-state index >= 15 is 0 Å². The molecule has 7 heteroatoms. The molecule has 0 spiro atoms. The van der Waals surface area contributed by atoms with Crippen LogP contribution in [0.15, 0.2) is 34.0 Å². The van der Waals surface area contributed by atoms with Crippen LogP contribution in [0.1, 0.15) is 5.56 Å². The first-order chi connectivity index (χ1) is 9.06. The van der Waals surface area contributed by atoms with Crippen LogP contribution in [0.3, 0.4) is 0 Å². The highest BCUT2D eigenvalue weighted by atomic mass is 35.5. The monoisotopic (exact) mass is 277 g/mol. The summed E-state index contributed by atoms with van der Waals surface area (Å²) in [5.41, 5.74) is -1.28. The van der Waals surface area contributed by atoms with Gasteiger partial charge in [-0.05, 0) is 12.1 Å². The fourth-order valence-electron chi connectivity index (χ4n) is 1.53. The van der Waals surface area contributed by atoms with Gasteiger partial charge in [0.15, 0.2) is 0 Å². The molecule has 1 N–H and O–H groups in total. The second-order valence-electron chi connectivity index (χ2n) is 3.60. The van der Waals surface area contributed by atoms with Crippen molar-refractivity contribution in [2.45, 2.75) is 0 Å². The number of nitriles is 1. The van der Waals surface area contributed by atoms with Crippen LogP contribution in [0.4, 0.5) is 0 Å². The van der Waals surface area contributed by atoms with Crippen LogP contribution in [0.2, 0.25) is 5.02 Å². The molecule has 6 nitrogen and oxygen atoms in total. The van der Waals surface area contributed by atoms with Gasteiger partial charge in [-0.2, -0.15) is 5.26 Å². The molecule has 0 radical (unpaired) electrons. The highest BCUT2D eigenvalue weighted by Crippen LogP contribution is 2.24. The van der Waals surface area contributed by atoms with Crippen molar-refractivity contribution in [2.75, 3.05) is 7.11 Å². The van der Waals surface area contributed by atoms with Gasteiger partial charge in [0.25, 0.3) is 5.56 Å². The van der Waals surface area contributed by atoms with Crippen LogP contribution in [-0.2, 0) is 0 Å². The molecule has 96 valence electrons. The van der Waals surface area contributed by atoms with Crippen LogP contribution in [-0.4, -0.2) is 16.7 Å². The number of hydrogen-bond donors (Lipinski definition) is 1. The summed E-state index contributed by atoms with van der Waals surface area (Å²) in [5, 5.41) is 9.10. The smallest absolute Gasteiger partial charge is 0.333 e. The number of ether oxygens (including phenoxy) is 1. The van der Waals surface area contributed by atoms with E-state index in [-0.39, 0.29) is 5.56 Å². The number of halogens is 1. The van der Waals surface area contributed by atoms with Crippen molar-refractivity contribution in [1.82, 2.24) is 9.55 Å². The Morgan fingerprint density at radius 2 is 2.16 bits per heavy atom. The molecule has 0 bridgehead atoms. The average Bonchev–Trinajstić information content (AvgIpc) is 2.40. The number of methoxy groups -OCH3 is 1. The molecule has 0 fully saturated rings. The minimum absolute atomic E-state index is 0.182. The molecule has 1 aromatic heterocycles. The van der Waals surface area contributed by atoms with Gasteiger partial charge in [0.1, 0.15) is 17.4 Å². The molecule has 0 atom stereocenters. The Morgan fingerprint density at radius 1 is 1.42 bits per heavy atom. The van der Waals surface area contributed by atoms with E-state index in [1.54, 1.807) is 18.2 Å². The zero-order valence-corrected chi connectivity index (χ0v) is 10.6. The third-order valence-electron chi connectivity index (χ3n) is 2.48. The van der Waals surface area contributed by atoms with E-state index in [1.165, 1.54) is 13.2 Å². The van der Waals surface area contributed by atoms with E-state index in [2.05, 4.69) is 4.98 Å². The normalized spacial score (nSPS) is 9.95. The van der Waals surface area contributed by atoms with Crippen molar-refractivity contribution < 1.29 is 4.74 Å². The molecule has 1 heterocycles. The third kappa shape index (κ3) is 2.37. The minimum atomic E-state index is -0.734. The topological polar surface area (TPSA) is 87.9 Å². The van der Waals surface area contributed by atoms with Crippen LogP contribution in [0.5, 0.6) is 5.75 Å². The lowest BCUT2D eigenvalue weighted by Gasteiger charge is -2.09. The number of hydrogen-bond acceptors (Lipinski definition) is 4. The summed E-state index contributed by atoms with van der Waals surface area (Å²) in [5.74, 6) is 0.496. The molecule has 1 aromatic carbocycles. The second-order valence-corrected chi connectivity index (χ2v) is 4.01. The zero-order chi connectivity index (χ0) is 14.0. The van der Waals surface area contributed by atoms with Crippen molar-refractivity contribution >= 4 is 11.6 Å². The number of nitrogens with zero attached hydrogens (tertiary/aromatic N) is 2. The van der Waals surface area contributed by atoms with Gasteiger partial charge in [-0.1, -0.05) is 11.6 Å². The predicted octanol–water partition coefficient (Wildman–Crippen LogP) is 1.06. The Bertz CT molecular complexity index is 786. The van der Waals surface area contributed by atoms with Crippen molar-refractivity contribution in [2.24, 2.45) is 0 Å². The first-order valence-corrected chi connectivity index (χ1v) is 5.54. The van der Waals surface area contributed by atoms with Gasteiger partial charge in [-0.25, -0.2) is 4.79 Å². The number of rotatable bonds is 2. The van der Waals surface area contributed by atoms with E-state index in [9.17, 15) is 9.59 Å². The maximum atomic E-state index is 11.8. The molecule has 0 aliphatic rings. The number of nitrogens with one attached hydrogen (secondary N) is 1. The van der Waals surface area contributed by atoms with Gasteiger partial charge in [-0.3, -0.25) is 14.3 Å². The number of benzene rings is 1. The summed E-state index contributed by atoms with van der Waals surface area (Å²) in [6.07, 6.45) is 1.14. The number of aromatic nitrogens is 2. The summed E-state index contributed by atoms with van der Waals surface area (Å²) in [4.78, 5) is 25.1. The third-order valence-corrected chi connectivity index (χ3v) is 2.79. The molecular formula is C12H8ClN3O3. The van der Waals surface area contributed by atoms with Gasteiger partial charge >= 0.3 is 5.69 Å². The van der Waals surface area contributed by atoms with Gasteiger partial charge < -0.3 is 4.74 Å². The first-order valence-electron chi connectivity index (χ1n) is 5.17. The Morgan fingerprint density at radius 3 is 2.79 bits per heavy atom. The fraction of sp³-hybridized carbons (Fsp3) is 0.0833. The Hall–Kier alpha value is -2.52. The lowest BCUT2D eigenvalue weighted by atomic mass is 10.3. The molecule has 2 rings (SSSR count). The van der Waals surface area contributed by atoms with Crippen molar-refractivity contribution in [3.8, 4) is 17.5 Å². The van der Waals surface area contributed by atoms with Gasteiger partial charge in [0.05, 0.1) is 17.8 Å². The van der Waals surface area contributed by atoms with Crippen LogP contribution < -0.4 is 16.0 Å². The average molecular weight is 278 g/mol. The maximum absolute atomic E-state index is 11.8. The molecule has 19 heavy (non-hydrogen) atoms. The minimum Gasteiger partial charge on any atom is -0.497 e. The summed E-state index contributed by atoms with van der Waals surface area (Å²) in [7, 11) is 1.48. The van der Waals surface area contributed by atoms with Crippen LogP contribution in [0, 0.1) is 11.3 Å². The van der Waals surface area contributed by atoms with E-state index in [4.69, 9.17) is 21.6 Å². The van der Waals surface area contributed by atoms with E-state index in [0.29, 0.717) is 16.5 Å². The van der Waals surface area contributed by atoms with Crippen LogP contribution >= 0.6 is 11.6 Å². The summed E-state index contributed by atoms with van der Waals surface area (Å²) in [6.45, 7) is 0. The molecule has 0 saturated heterocycles. The van der Waals surface area contributed by atoms with Gasteiger partial charge in [0.2, 0.25) is 0 Å². The molecule has 0 saturated carbocycles. The highest BCUT2D eigenvalue weighted by molar-refractivity contribution is 6.32. The second kappa shape index (κ2) is 5.00. The molecule has 0 unspecified atom stereocenters. The number of H-pyrrole nitrogens is 1. The fourth-order valence-corrected chi connectivity index (χ4v) is 1.74. The number of aromatic amines is 1. The quantitative estimate of drug-likeness (QED) is 0.889. The van der Waals surface area contributed by atoms with Gasteiger partial charge in [-0.15, -0.1) is 0 Å². The molecule has 0 amide bonds. The van der Waals surface area contributed by atoms with E-state index < -0.39 is 11.2 Å². The standard InChI is InChI=1S/C12H8ClN3O3/c1-19-8-2-3-9(13)10(4-8)16-6-7(5-14)11(17)15-12(16)18/h2-4,6H,1H3,(H,15,17,18). The molecular weight excluding hydrogens is 270 g/mol. The molecule has 0 aliphatic carbocycles. The predicted molar refractivity (Wildman–Crippen MR) is 68.9 cm³/mol. The Balaban J connectivity index is 2.76. The largest absolute Gasteiger partial charge is 0.497 e. The first kappa shape index (κ1) is 12.9.